The second kappa shape index (κ2) is 6.48. The summed E-state index contributed by atoms with van der Waals surface area (Å²) in [4.78, 5) is 16.4. The van der Waals surface area contributed by atoms with Gasteiger partial charge in [-0.2, -0.15) is 0 Å². The third-order valence-corrected chi connectivity index (χ3v) is 4.21. The first kappa shape index (κ1) is 14.5. The minimum Gasteiger partial charge on any atom is -0.330 e. The molecular weight excluding hydrogens is 303 g/mol. The molecule has 0 aliphatic heterocycles. The van der Waals surface area contributed by atoms with Crippen molar-refractivity contribution in [2.75, 3.05) is 6.54 Å². The van der Waals surface area contributed by atoms with Crippen molar-refractivity contribution in [1.29, 1.82) is 0 Å². The minimum atomic E-state index is -0.0884. The van der Waals surface area contributed by atoms with Gasteiger partial charge >= 0.3 is 0 Å². The van der Waals surface area contributed by atoms with Crippen LogP contribution in [0.1, 0.15) is 21.1 Å². The number of Topliss-reactive ketones (excluding diaryl/α,β-unsaturated/α-hetero) is 1. The first-order valence-corrected chi connectivity index (χ1v) is 7.36. The number of nitrogens with two attached hydrogens (primary N) is 1. The molecule has 100 valence electrons. The summed E-state index contributed by atoms with van der Waals surface area (Å²) >= 11 is 13.5. The summed E-state index contributed by atoms with van der Waals surface area (Å²) in [5.41, 5.74) is 6.55. The van der Waals surface area contributed by atoms with Gasteiger partial charge in [0.15, 0.2) is 5.78 Å². The molecule has 0 saturated heterocycles. The van der Waals surface area contributed by atoms with Crippen LogP contribution in [-0.4, -0.2) is 17.3 Å². The predicted molar refractivity (Wildman–Crippen MR) is 79.4 cm³/mol. The summed E-state index contributed by atoms with van der Waals surface area (Å²) in [5, 5.41) is 3.62. The van der Waals surface area contributed by atoms with Crippen molar-refractivity contribution in [2.45, 2.75) is 12.8 Å². The fraction of sp³-hybridized carbons (Fsp3) is 0.231. The molecule has 19 heavy (non-hydrogen) atoms. The number of nitrogens with zero attached hydrogens (tertiary/aromatic N) is 1. The zero-order chi connectivity index (χ0) is 13.8. The molecule has 0 radical (unpaired) electrons. The van der Waals surface area contributed by atoms with Crippen LogP contribution in [0.3, 0.4) is 0 Å². The number of ketones is 1. The number of hydrogen-bond donors (Lipinski definition) is 1. The number of thiazole rings is 1. The van der Waals surface area contributed by atoms with Crippen LogP contribution >= 0.6 is 34.5 Å². The summed E-state index contributed by atoms with van der Waals surface area (Å²) in [6.45, 7) is 0.525. The van der Waals surface area contributed by atoms with Crippen molar-refractivity contribution in [1.82, 2.24) is 4.98 Å². The Bertz CT molecular complexity index is 578. The molecule has 0 bridgehead atoms. The van der Waals surface area contributed by atoms with Gasteiger partial charge in [-0.25, -0.2) is 4.98 Å². The van der Waals surface area contributed by atoms with Gasteiger partial charge in [0.25, 0.3) is 0 Å². The second-order valence-corrected chi connectivity index (χ2v) is 5.72. The molecule has 1 heterocycles. The van der Waals surface area contributed by atoms with E-state index in [1.54, 1.807) is 23.6 Å². The Balaban J connectivity index is 2.16. The van der Waals surface area contributed by atoms with Crippen molar-refractivity contribution >= 4 is 40.3 Å². The van der Waals surface area contributed by atoms with Gasteiger partial charge < -0.3 is 5.73 Å². The largest absolute Gasteiger partial charge is 0.330 e. The van der Waals surface area contributed by atoms with Crippen LogP contribution in [0, 0.1) is 0 Å². The number of benzene rings is 1. The third kappa shape index (κ3) is 3.54. The molecule has 0 spiro atoms. The maximum absolute atomic E-state index is 12.1. The van der Waals surface area contributed by atoms with Crippen molar-refractivity contribution < 1.29 is 4.79 Å². The Morgan fingerprint density at radius 1 is 1.32 bits per heavy atom. The van der Waals surface area contributed by atoms with Crippen LogP contribution in [0.15, 0.2) is 23.6 Å². The molecule has 0 aliphatic rings. The van der Waals surface area contributed by atoms with Crippen LogP contribution in [-0.2, 0) is 12.8 Å². The molecule has 0 atom stereocenters. The van der Waals surface area contributed by atoms with Crippen molar-refractivity contribution in [3.8, 4) is 0 Å². The second-order valence-electron chi connectivity index (χ2n) is 3.97. The maximum atomic E-state index is 12.1. The number of carbonyl (C=O) groups is 1. The zero-order valence-corrected chi connectivity index (χ0v) is 12.4. The molecule has 0 amide bonds. The Kier molecular flexibility index (Phi) is 4.93. The Morgan fingerprint density at radius 3 is 2.63 bits per heavy atom. The number of carbonyl (C=O) groups excluding carboxylic acids is 1. The lowest BCUT2D eigenvalue weighted by Crippen LogP contribution is -2.06. The van der Waals surface area contributed by atoms with Crippen molar-refractivity contribution in [2.24, 2.45) is 5.73 Å². The normalized spacial score (nSPS) is 10.7. The van der Waals surface area contributed by atoms with Crippen molar-refractivity contribution in [3.63, 3.8) is 0 Å². The van der Waals surface area contributed by atoms with E-state index in [4.69, 9.17) is 28.9 Å². The zero-order valence-electron chi connectivity index (χ0n) is 10.0. The van der Waals surface area contributed by atoms with E-state index in [1.807, 2.05) is 0 Å². The van der Waals surface area contributed by atoms with Crippen LogP contribution in [0.4, 0.5) is 0 Å². The van der Waals surface area contributed by atoms with E-state index in [1.165, 1.54) is 11.3 Å². The average molecular weight is 315 g/mol. The molecule has 1 aromatic heterocycles. The summed E-state index contributed by atoms with van der Waals surface area (Å²) in [6, 6.07) is 5.19. The van der Waals surface area contributed by atoms with Crippen molar-refractivity contribution in [3.05, 3.63) is 49.9 Å². The number of hydrogen-bond acceptors (Lipinski definition) is 4. The van der Waals surface area contributed by atoms with E-state index in [0.29, 0.717) is 34.3 Å². The van der Waals surface area contributed by atoms with E-state index in [-0.39, 0.29) is 12.2 Å². The van der Waals surface area contributed by atoms with Gasteiger partial charge in [-0.1, -0.05) is 29.3 Å². The van der Waals surface area contributed by atoms with Gasteiger partial charge in [0.2, 0.25) is 0 Å². The monoisotopic (exact) mass is 314 g/mol. The first-order valence-electron chi connectivity index (χ1n) is 5.72. The maximum Gasteiger partial charge on any atom is 0.186 e. The molecule has 0 fully saturated rings. The van der Waals surface area contributed by atoms with Gasteiger partial charge in [-0.05, 0) is 24.2 Å². The van der Waals surface area contributed by atoms with E-state index < -0.39 is 0 Å². The Morgan fingerprint density at radius 2 is 2.00 bits per heavy atom. The summed E-state index contributed by atoms with van der Waals surface area (Å²) < 4.78 is 0. The lowest BCUT2D eigenvalue weighted by Gasteiger charge is -2.04. The van der Waals surface area contributed by atoms with Gasteiger partial charge in [-0.15, -0.1) is 11.3 Å². The van der Waals surface area contributed by atoms with Crippen LogP contribution in [0.5, 0.6) is 0 Å². The SMILES string of the molecule is NCCc1nc(C(=O)Cc2c(Cl)cccc2Cl)cs1. The summed E-state index contributed by atoms with van der Waals surface area (Å²) in [6.07, 6.45) is 0.842. The Labute approximate surface area is 125 Å². The van der Waals surface area contributed by atoms with E-state index in [2.05, 4.69) is 4.98 Å². The average Bonchev–Trinajstić information content (AvgIpc) is 2.83. The number of rotatable bonds is 5. The standard InChI is InChI=1S/C13H12Cl2N2OS/c14-9-2-1-3-10(15)8(9)6-12(18)11-7-19-13(17-11)4-5-16/h1-3,7H,4-6,16H2. The highest BCUT2D eigenvalue weighted by atomic mass is 35.5. The molecule has 2 rings (SSSR count). The highest BCUT2D eigenvalue weighted by Crippen LogP contribution is 2.26. The lowest BCUT2D eigenvalue weighted by molar-refractivity contribution is 0.0988. The quantitative estimate of drug-likeness (QED) is 0.861. The van der Waals surface area contributed by atoms with Gasteiger partial charge in [-0.3, -0.25) is 4.79 Å². The predicted octanol–water partition coefficient (Wildman–Crippen LogP) is 3.38. The molecule has 6 heteroatoms. The third-order valence-electron chi connectivity index (χ3n) is 2.59. The van der Waals surface area contributed by atoms with Gasteiger partial charge in [0, 0.05) is 28.3 Å². The topological polar surface area (TPSA) is 56.0 Å². The number of halogens is 2. The molecule has 3 nitrogen and oxygen atoms in total. The van der Waals surface area contributed by atoms with Crippen LogP contribution < -0.4 is 5.73 Å². The molecule has 0 aliphatic carbocycles. The van der Waals surface area contributed by atoms with Crippen LogP contribution in [0.25, 0.3) is 0 Å². The van der Waals surface area contributed by atoms with Gasteiger partial charge in [0.05, 0.1) is 5.01 Å². The van der Waals surface area contributed by atoms with E-state index >= 15 is 0 Å². The highest BCUT2D eigenvalue weighted by molar-refractivity contribution is 7.09. The molecular formula is C13H12Cl2N2OS. The molecule has 2 aromatic rings. The fourth-order valence-electron chi connectivity index (χ4n) is 1.63. The fourth-order valence-corrected chi connectivity index (χ4v) is 2.98. The van der Waals surface area contributed by atoms with Crippen LogP contribution in [0.2, 0.25) is 10.0 Å². The van der Waals surface area contributed by atoms with E-state index in [0.717, 1.165) is 5.01 Å². The van der Waals surface area contributed by atoms with Gasteiger partial charge in [0.1, 0.15) is 5.69 Å². The highest BCUT2D eigenvalue weighted by Gasteiger charge is 2.15. The molecule has 0 saturated carbocycles. The summed E-state index contributed by atoms with van der Waals surface area (Å²) in [5.74, 6) is -0.0884. The molecule has 2 N–H and O–H groups in total. The molecule has 0 unspecified atom stereocenters. The summed E-state index contributed by atoms with van der Waals surface area (Å²) in [7, 11) is 0. The minimum absolute atomic E-state index is 0.0884. The first-order chi connectivity index (χ1) is 9.11. The molecule has 1 aromatic carbocycles. The lowest BCUT2D eigenvalue weighted by atomic mass is 10.1. The Hall–Kier alpha value is -0.940. The van der Waals surface area contributed by atoms with E-state index in [9.17, 15) is 4.79 Å². The smallest absolute Gasteiger partial charge is 0.186 e. The number of aromatic nitrogens is 1.